The molecule has 162 valence electrons. The average Bonchev–Trinajstić information content (AvgIpc) is 2.66. The van der Waals surface area contributed by atoms with Crippen LogP contribution >= 0.6 is 11.6 Å². The molecule has 0 aliphatic heterocycles. The quantitative estimate of drug-likeness (QED) is 0.438. The van der Waals surface area contributed by atoms with Crippen LogP contribution in [-0.4, -0.2) is 24.3 Å². The maximum Gasteiger partial charge on any atom is 0.222 e. The van der Waals surface area contributed by atoms with Gasteiger partial charge in [0.1, 0.15) is 27.5 Å². The van der Waals surface area contributed by atoms with E-state index in [0.29, 0.717) is 28.6 Å². The highest BCUT2D eigenvalue weighted by Crippen LogP contribution is 2.33. The molecule has 3 rings (SSSR count). The molecule has 3 aromatic rings. The van der Waals surface area contributed by atoms with Gasteiger partial charge in [0.25, 0.3) is 0 Å². The van der Waals surface area contributed by atoms with Gasteiger partial charge in [0.2, 0.25) is 5.91 Å². The summed E-state index contributed by atoms with van der Waals surface area (Å²) in [6.07, 6.45) is 3.06. The van der Waals surface area contributed by atoms with E-state index < -0.39 is 32.1 Å². The number of nitrogens with zero attached hydrogens (tertiary/aromatic N) is 2. The number of halogens is 3. The first-order valence-corrected chi connectivity index (χ1v) is 11.1. The van der Waals surface area contributed by atoms with E-state index in [4.69, 9.17) is 11.6 Å². The van der Waals surface area contributed by atoms with Gasteiger partial charge in [-0.2, -0.15) is 0 Å². The molecule has 0 atom stereocenters. The summed E-state index contributed by atoms with van der Waals surface area (Å²) in [6.45, 7) is 4.83. The van der Waals surface area contributed by atoms with Crippen LogP contribution in [-0.2, 0) is 20.4 Å². The van der Waals surface area contributed by atoms with Gasteiger partial charge < -0.3 is 5.32 Å². The largest absolute Gasteiger partial charge is 0.311 e. The molecule has 0 radical (unpaired) electrons. The van der Waals surface area contributed by atoms with E-state index in [9.17, 15) is 22.0 Å². The number of carbonyl (C=O) groups excluding carboxylic acids is 1. The molecule has 0 aliphatic rings. The second-order valence-corrected chi connectivity index (χ2v) is 9.28. The number of carbonyl (C=O) groups is 1. The van der Waals surface area contributed by atoms with E-state index in [2.05, 4.69) is 15.3 Å². The molecule has 10 heteroatoms. The Morgan fingerprint density at radius 3 is 2.45 bits per heavy atom. The number of nitrogens with one attached hydrogen (secondary N) is 1. The number of aromatic nitrogens is 2. The minimum atomic E-state index is -4.17. The molecule has 6 nitrogen and oxygen atoms in total. The Labute approximate surface area is 183 Å². The highest BCUT2D eigenvalue weighted by molar-refractivity contribution is 7.90. The molecule has 1 aromatic carbocycles. The van der Waals surface area contributed by atoms with Crippen LogP contribution in [0.5, 0.6) is 0 Å². The first-order chi connectivity index (χ1) is 14.5. The van der Waals surface area contributed by atoms with Gasteiger partial charge in [0.15, 0.2) is 9.84 Å². The normalized spacial score (nSPS) is 11.4. The number of sulfone groups is 1. The minimum absolute atomic E-state index is 0.0406. The predicted molar refractivity (Wildman–Crippen MR) is 114 cm³/mol. The number of rotatable bonds is 5. The summed E-state index contributed by atoms with van der Waals surface area (Å²) >= 11 is 6.19. The zero-order valence-electron chi connectivity index (χ0n) is 16.8. The van der Waals surface area contributed by atoms with Gasteiger partial charge in [-0.05, 0) is 48.7 Å². The first-order valence-electron chi connectivity index (χ1n) is 9.06. The van der Waals surface area contributed by atoms with Crippen molar-refractivity contribution in [3.05, 3.63) is 70.1 Å². The number of amides is 1. The number of hydrogen-bond acceptors (Lipinski definition) is 5. The van der Waals surface area contributed by atoms with Crippen molar-refractivity contribution in [2.75, 3.05) is 5.32 Å². The molecule has 0 bridgehead atoms. The lowest BCUT2D eigenvalue weighted by molar-refractivity contribution is -0.114. The molecule has 1 N–H and O–H groups in total. The van der Waals surface area contributed by atoms with E-state index in [1.165, 1.54) is 13.1 Å². The molecule has 31 heavy (non-hydrogen) atoms. The summed E-state index contributed by atoms with van der Waals surface area (Å²) in [7, 11) is -4.17. The van der Waals surface area contributed by atoms with E-state index >= 15 is 0 Å². The molecule has 0 fully saturated rings. The lowest BCUT2D eigenvalue weighted by Crippen LogP contribution is -2.11. The summed E-state index contributed by atoms with van der Waals surface area (Å²) in [4.78, 5) is 19.0. The van der Waals surface area contributed by atoms with Crippen molar-refractivity contribution in [3.63, 3.8) is 0 Å². The molecule has 1 amide bonds. The standard InChI is InChI=1S/C21H18ClF2N3O3S/c1-11-8-25-20(27-13(3)28)7-15(11)16-9-26-21(22)17(12(16)2)10-31(29,30)19-5-4-14(23)6-18(19)24/h4-9H,10H2,1-3H3,(H,25,27,28). The van der Waals surface area contributed by atoms with Crippen molar-refractivity contribution in [2.24, 2.45) is 0 Å². The number of hydrogen-bond donors (Lipinski definition) is 1. The zero-order valence-corrected chi connectivity index (χ0v) is 18.4. The van der Waals surface area contributed by atoms with Crippen LogP contribution in [0.15, 0.2) is 41.6 Å². The Bertz CT molecular complexity index is 1300. The number of benzene rings is 1. The van der Waals surface area contributed by atoms with Crippen molar-refractivity contribution in [1.29, 1.82) is 0 Å². The van der Waals surface area contributed by atoms with Gasteiger partial charge in [-0.25, -0.2) is 27.2 Å². The van der Waals surface area contributed by atoms with Crippen LogP contribution < -0.4 is 5.32 Å². The third-order valence-corrected chi connectivity index (χ3v) is 6.67. The van der Waals surface area contributed by atoms with Crippen molar-refractivity contribution < 1.29 is 22.0 Å². The lowest BCUT2D eigenvalue weighted by Gasteiger charge is -2.15. The minimum Gasteiger partial charge on any atom is -0.311 e. The molecule has 0 saturated carbocycles. The topological polar surface area (TPSA) is 89.0 Å². The number of aryl methyl sites for hydroxylation is 1. The van der Waals surface area contributed by atoms with Gasteiger partial charge in [-0.15, -0.1) is 0 Å². The van der Waals surface area contributed by atoms with Crippen molar-refractivity contribution in [3.8, 4) is 11.1 Å². The summed E-state index contributed by atoms with van der Waals surface area (Å²) in [5.41, 5.74) is 2.74. The summed E-state index contributed by atoms with van der Waals surface area (Å²) in [5, 5.41) is 2.55. The van der Waals surface area contributed by atoms with E-state index in [1.807, 2.05) is 0 Å². The SMILES string of the molecule is CC(=O)Nc1cc(-c2cnc(Cl)c(CS(=O)(=O)c3ccc(F)cc3F)c2C)c(C)cn1. The molecule has 0 unspecified atom stereocenters. The number of pyridine rings is 2. The van der Waals surface area contributed by atoms with Crippen LogP contribution in [0.2, 0.25) is 5.15 Å². The zero-order chi connectivity index (χ0) is 22.9. The van der Waals surface area contributed by atoms with Crippen LogP contribution in [0, 0.1) is 25.5 Å². The third kappa shape index (κ3) is 4.88. The molecular formula is C21H18ClF2N3O3S. The Morgan fingerprint density at radius 1 is 1.10 bits per heavy atom. The molecular weight excluding hydrogens is 448 g/mol. The molecule has 0 saturated heterocycles. The molecule has 2 aromatic heterocycles. The Balaban J connectivity index is 2.09. The van der Waals surface area contributed by atoms with Crippen LogP contribution in [0.1, 0.15) is 23.6 Å². The van der Waals surface area contributed by atoms with Gasteiger partial charge >= 0.3 is 0 Å². The van der Waals surface area contributed by atoms with E-state index in [0.717, 1.165) is 17.7 Å². The Hall–Kier alpha value is -2.91. The lowest BCUT2D eigenvalue weighted by atomic mass is 9.97. The maximum atomic E-state index is 14.1. The average molecular weight is 466 g/mol. The number of anilines is 1. The van der Waals surface area contributed by atoms with Gasteiger partial charge in [-0.3, -0.25) is 4.79 Å². The van der Waals surface area contributed by atoms with Crippen molar-refractivity contribution in [1.82, 2.24) is 9.97 Å². The monoisotopic (exact) mass is 465 g/mol. The molecule has 0 spiro atoms. The fraction of sp³-hybridized carbons (Fsp3) is 0.190. The molecule has 2 heterocycles. The predicted octanol–water partition coefficient (Wildman–Crippen LogP) is 4.62. The van der Waals surface area contributed by atoms with E-state index in [-0.39, 0.29) is 16.6 Å². The fourth-order valence-corrected chi connectivity index (χ4v) is 4.97. The summed E-state index contributed by atoms with van der Waals surface area (Å²) in [5.74, 6) is -2.64. The fourth-order valence-electron chi connectivity index (χ4n) is 3.11. The highest BCUT2D eigenvalue weighted by atomic mass is 35.5. The molecule has 0 aliphatic carbocycles. The Kier molecular flexibility index (Phi) is 6.38. The van der Waals surface area contributed by atoms with Gasteiger partial charge in [-0.1, -0.05) is 11.6 Å². The van der Waals surface area contributed by atoms with Gasteiger partial charge in [0, 0.05) is 36.5 Å². The van der Waals surface area contributed by atoms with Crippen molar-refractivity contribution in [2.45, 2.75) is 31.4 Å². The van der Waals surface area contributed by atoms with Crippen LogP contribution in [0.25, 0.3) is 11.1 Å². The summed E-state index contributed by atoms with van der Waals surface area (Å²) < 4.78 is 52.9. The van der Waals surface area contributed by atoms with Crippen LogP contribution in [0.3, 0.4) is 0 Å². The second kappa shape index (κ2) is 8.68. The van der Waals surface area contributed by atoms with Gasteiger partial charge in [0.05, 0.1) is 5.75 Å². The maximum absolute atomic E-state index is 14.1. The Morgan fingerprint density at radius 2 is 1.81 bits per heavy atom. The highest BCUT2D eigenvalue weighted by Gasteiger charge is 2.24. The summed E-state index contributed by atoms with van der Waals surface area (Å²) in [6, 6.07) is 3.92. The van der Waals surface area contributed by atoms with Crippen molar-refractivity contribution >= 4 is 33.2 Å². The smallest absolute Gasteiger partial charge is 0.222 e. The first kappa shape index (κ1) is 22.8. The van der Waals surface area contributed by atoms with Crippen LogP contribution in [0.4, 0.5) is 14.6 Å². The second-order valence-electron chi connectivity index (χ2n) is 6.97. The van der Waals surface area contributed by atoms with E-state index in [1.54, 1.807) is 26.1 Å². The third-order valence-electron chi connectivity index (χ3n) is 4.67.